The lowest BCUT2D eigenvalue weighted by atomic mass is 10.3. The third kappa shape index (κ3) is 2.08. The fraction of sp³-hybridized carbons (Fsp3) is 0.0909. The van der Waals surface area contributed by atoms with Gasteiger partial charge in [0.25, 0.3) is 0 Å². The number of halogens is 1. The van der Waals surface area contributed by atoms with Crippen LogP contribution in [0.5, 0.6) is 0 Å². The highest BCUT2D eigenvalue weighted by atomic mass is 19.1. The second kappa shape index (κ2) is 4.14. The summed E-state index contributed by atoms with van der Waals surface area (Å²) in [6.07, 6.45) is 4.25. The molecule has 82 valence electrons. The van der Waals surface area contributed by atoms with Crippen LogP contribution in [0.1, 0.15) is 16.1 Å². The molecule has 0 aliphatic rings. The Morgan fingerprint density at radius 1 is 1.50 bits per heavy atom. The van der Waals surface area contributed by atoms with Gasteiger partial charge in [0.15, 0.2) is 0 Å². The molecule has 0 bridgehead atoms. The van der Waals surface area contributed by atoms with E-state index < -0.39 is 11.8 Å². The molecule has 0 fully saturated rings. The van der Waals surface area contributed by atoms with E-state index in [1.165, 1.54) is 22.9 Å². The zero-order valence-electron chi connectivity index (χ0n) is 8.30. The average Bonchev–Trinajstić information content (AvgIpc) is 2.66. The van der Waals surface area contributed by atoms with Crippen molar-refractivity contribution in [1.29, 1.82) is 0 Å². The maximum Gasteiger partial charge on any atom is 0.352 e. The molecule has 2 heterocycles. The minimum atomic E-state index is -1.01. The van der Waals surface area contributed by atoms with Gasteiger partial charge in [0.2, 0.25) is 0 Å². The van der Waals surface area contributed by atoms with Crippen LogP contribution in [0, 0.1) is 5.82 Å². The van der Waals surface area contributed by atoms with Gasteiger partial charge in [0, 0.05) is 18.9 Å². The topological polar surface area (TPSA) is 55.1 Å². The van der Waals surface area contributed by atoms with Crippen LogP contribution in [0.4, 0.5) is 4.39 Å². The predicted molar refractivity (Wildman–Crippen MR) is 54.7 cm³/mol. The van der Waals surface area contributed by atoms with E-state index in [4.69, 9.17) is 5.11 Å². The molecule has 0 amide bonds. The van der Waals surface area contributed by atoms with Gasteiger partial charge in [0.05, 0.1) is 6.20 Å². The van der Waals surface area contributed by atoms with Crippen molar-refractivity contribution in [3.05, 3.63) is 53.9 Å². The van der Waals surface area contributed by atoms with Gasteiger partial charge in [-0.2, -0.15) is 0 Å². The van der Waals surface area contributed by atoms with E-state index in [-0.39, 0.29) is 5.69 Å². The lowest BCUT2D eigenvalue weighted by molar-refractivity contribution is 0.0685. The van der Waals surface area contributed by atoms with Gasteiger partial charge in [-0.25, -0.2) is 9.18 Å². The number of hydrogen-bond donors (Lipinski definition) is 1. The van der Waals surface area contributed by atoms with E-state index in [0.717, 1.165) is 6.20 Å². The Morgan fingerprint density at radius 3 is 3.00 bits per heavy atom. The van der Waals surface area contributed by atoms with Crippen LogP contribution in [0.15, 0.2) is 36.8 Å². The first-order valence-electron chi connectivity index (χ1n) is 4.64. The molecule has 0 saturated heterocycles. The summed E-state index contributed by atoms with van der Waals surface area (Å²) in [7, 11) is 0. The number of nitrogens with zero attached hydrogens (tertiary/aromatic N) is 2. The average molecular weight is 220 g/mol. The summed E-state index contributed by atoms with van der Waals surface area (Å²) < 4.78 is 14.4. The molecule has 0 radical (unpaired) electrons. The molecule has 0 spiro atoms. The van der Waals surface area contributed by atoms with Crippen LogP contribution in [0.25, 0.3) is 0 Å². The smallest absolute Gasteiger partial charge is 0.352 e. The monoisotopic (exact) mass is 220 g/mol. The summed E-state index contributed by atoms with van der Waals surface area (Å²) in [5.41, 5.74) is 0.794. The van der Waals surface area contributed by atoms with Gasteiger partial charge < -0.3 is 9.67 Å². The maximum absolute atomic E-state index is 12.9. The van der Waals surface area contributed by atoms with Crippen molar-refractivity contribution in [2.45, 2.75) is 6.54 Å². The van der Waals surface area contributed by atoms with E-state index >= 15 is 0 Å². The molecule has 5 heteroatoms. The Morgan fingerprint density at radius 2 is 2.31 bits per heavy atom. The Kier molecular flexibility index (Phi) is 2.68. The first kappa shape index (κ1) is 10.4. The van der Waals surface area contributed by atoms with Crippen molar-refractivity contribution in [3.8, 4) is 0 Å². The first-order chi connectivity index (χ1) is 7.66. The zero-order valence-corrected chi connectivity index (χ0v) is 8.30. The lowest BCUT2D eigenvalue weighted by Crippen LogP contribution is -2.08. The van der Waals surface area contributed by atoms with E-state index in [2.05, 4.69) is 4.98 Å². The van der Waals surface area contributed by atoms with Crippen LogP contribution in [0.3, 0.4) is 0 Å². The number of rotatable bonds is 3. The Balaban J connectivity index is 2.27. The van der Waals surface area contributed by atoms with E-state index in [0.29, 0.717) is 12.1 Å². The minimum absolute atomic E-state index is 0.171. The molecule has 2 rings (SSSR count). The zero-order chi connectivity index (χ0) is 11.5. The van der Waals surface area contributed by atoms with Crippen LogP contribution >= 0.6 is 0 Å². The van der Waals surface area contributed by atoms with Gasteiger partial charge in [-0.1, -0.05) is 0 Å². The first-order valence-corrected chi connectivity index (χ1v) is 4.64. The van der Waals surface area contributed by atoms with Crippen molar-refractivity contribution in [1.82, 2.24) is 9.55 Å². The second-order valence-corrected chi connectivity index (χ2v) is 3.34. The Hall–Kier alpha value is -2.17. The second-order valence-electron chi connectivity index (χ2n) is 3.34. The van der Waals surface area contributed by atoms with Gasteiger partial charge >= 0.3 is 5.97 Å². The molecule has 2 aromatic rings. The Bertz CT molecular complexity index is 522. The number of carboxylic acids is 1. The largest absolute Gasteiger partial charge is 0.477 e. The molecule has 16 heavy (non-hydrogen) atoms. The molecule has 0 aliphatic carbocycles. The van der Waals surface area contributed by atoms with Crippen LogP contribution in [0.2, 0.25) is 0 Å². The Labute approximate surface area is 91.0 Å². The van der Waals surface area contributed by atoms with Crippen LogP contribution in [-0.4, -0.2) is 20.6 Å². The molecule has 0 unspecified atom stereocenters. The lowest BCUT2D eigenvalue weighted by Gasteiger charge is -2.05. The van der Waals surface area contributed by atoms with Crippen LogP contribution < -0.4 is 0 Å². The molecule has 2 aromatic heterocycles. The standard InChI is InChI=1S/C11H9FN2O2/c12-9-4-8(5-13-6-9)7-14-3-1-2-10(14)11(15)16/h1-6H,7H2,(H,15,16). The summed E-state index contributed by atoms with van der Waals surface area (Å²) in [6.45, 7) is 0.291. The number of aromatic nitrogens is 2. The third-order valence-electron chi connectivity index (χ3n) is 2.16. The highest BCUT2D eigenvalue weighted by molar-refractivity contribution is 5.85. The molecular formula is C11H9FN2O2. The van der Waals surface area contributed by atoms with E-state index in [1.54, 1.807) is 12.3 Å². The molecule has 0 aromatic carbocycles. The minimum Gasteiger partial charge on any atom is -0.477 e. The summed E-state index contributed by atoms with van der Waals surface area (Å²) in [5, 5.41) is 8.88. The number of carboxylic acid groups (broad SMARTS) is 1. The molecule has 0 saturated carbocycles. The maximum atomic E-state index is 12.9. The van der Waals surface area contributed by atoms with E-state index in [9.17, 15) is 9.18 Å². The fourth-order valence-corrected chi connectivity index (χ4v) is 1.49. The van der Waals surface area contributed by atoms with Crippen molar-refractivity contribution < 1.29 is 14.3 Å². The normalized spacial score (nSPS) is 10.3. The third-order valence-corrected chi connectivity index (χ3v) is 2.16. The van der Waals surface area contributed by atoms with Gasteiger partial charge in [-0.05, 0) is 23.8 Å². The van der Waals surface area contributed by atoms with Crippen LogP contribution in [-0.2, 0) is 6.54 Å². The molecule has 4 nitrogen and oxygen atoms in total. The number of carbonyl (C=O) groups is 1. The summed E-state index contributed by atoms with van der Waals surface area (Å²) in [6, 6.07) is 4.46. The van der Waals surface area contributed by atoms with Gasteiger partial charge in [-0.15, -0.1) is 0 Å². The highest BCUT2D eigenvalue weighted by Crippen LogP contribution is 2.08. The molecular weight excluding hydrogens is 211 g/mol. The quantitative estimate of drug-likeness (QED) is 0.857. The van der Waals surface area contributed by atoms with Gasteiger partial charge in [0.1, 0.15) is 11.5 Å². The van der Waals surface area contributed by atoms with Crippen molar-refractivity contribution in [2.75, 3.05) is 0 Å². The number of aromatic carboxylic acids is 1. The predicted octanol–water partition coefficient (Wildman–Crippen LogP) is 1.77. The summed E-state index contributed by atoms with van der Waals surface area (Å²) in [5.74, 6) is -1.43. The molecule has 1 N–H and O–H groups in total. The summed E-state index contributed by atoms with van der Waals surface area (Å²) >= 11 is 0. The highest BCUT2D eigenvalue weighted by Gasteiger charge is 2.08. The van der Waals surface area contributed by atoms with Crippen molar-refractivity contribution >= 4 is 5.97 Å². The molecule has 0 atom stereocenters. The van der Waals surface area contributed by atoms with E-state index in [1.807, 2.05) is 0 Å². The van der Waals surface area contributed by atoms with Crippen molar-refractivity contribution in [3.63, 3.8) is 0 Å². The fourth-order valence-electron chi connectivity index (χ4n) is 1.49. The number of pyridine rings is 1. The number of hydrogen-bond acceptors (Lipinski definition) is 2. The van der Waals surface area contributed by atoms with Gasteiger partial charge in [-0.3, -0.25) is 4.98 Å². The molecule has 0 aliphatic heterocycles. The SMILES string of the molecule is O=C(O)c1cccn1Cc1cncc(F)c1. The van der Waals surface area contributed by atoms with Crippen molar-refractivity contribution in [2.24, 2.45) is 0 Å². The summed E-state index contributed by atoms with van der Waals surface area (Å²) in [4.78, 5) is 14.5.